The third-order valence-electron chi connectivity index (χ3n) is 3.20. The minimum atomic E-state index is 0. The van der Waals surface area contributed by atoms with E-state index >= 15 is 0 Å². The Kier molecular flexibility index (Phi) is 5.22. The van der Waals surface area contributed by atoms with Crippen LogP contribution in [0, 0.1) is 0 Å². The number of halogens is 1. The highest BCUT2D eigenvalue weighted by atomic mass is 35.5. The van der Waals surface area contributed by atoms with Crippen molar-refractivity contribution in [3.8, 4) is 11.5 Å². The number of nitrogens with one attached hydrogen (secondary N) is 2. The van der Waals surface area contributed by atoms with Crippen molar-refractivity contribution in [3.63, 3.8) is 0 Å². The van der Waals surface area contributed by atoms with Gasteiger partial charge in [-0.2, -0.15) is 0 Å². The molecule has 0 spiro atoms. The molecule has 1 heterocycles. The van der Waals surface area contributed by atoms with Crippen LogP contribution >= 0.6 is 12.4 Å². The average Bonchev–Trinajstić information content (AvgIpc) is 2.69. The fourth-order valence-electron chi connectivity index (χ4n) is 2.05. The zero-order valence-electron chi connectivity index (χ0n) is 10.8. The Hall–Kier alpha value is -1.01. The van der Waals surface area contributed by atoms with E-state index in [0.717, 1.165) is 17.1 Å². The summed E-state index contributed by atoms with van der Waals surface area (Å²) in [4.78, 5) is 0. The van der Waals surface area contributed by atoms with Crippen molar-refractivity contribution in [2.45, 2.75) is 25.0 Å². The molecule has 1 aliphatic heterocycles. The molecule has 1 fully saturated rings. The molecule has 6 heteroatoms. The van der Waals surface area contributed by atoms with E-state index in [1.807, 2.05) is 18.2 Å². The molecule has 0 aromatic heterocycles. The lowest BCUT2D eigenvalue weighted by molar-refractivity contribution is 0.353. The Morgan fingerprint density at radius 2 is 1.78 bits per heavy atom. The van der Waals surface area contributed by atoms with Gasteiger partial charge in [0.2, 0.25) is 0 Å². The Morgan fingerprint density at radius 1 is 1.11 bits per heavy atom. The summed E-state index contributed by atoms with van der Waals surface area (Å²) in [7, 11) is 3.26. The number of benzene rings is 1. The Balaban J connectivity index is 0.00000162. The van der Waals surface area contributed by atoms with E-state index in [4.69, 9.17) is 15.2 Å². The standard InChI is InChI=1S/C12H19N3O2.ClH/c1-7-11(13)12(15-14-7)8-4-5-9(16-2)10(6-8)17-3;/h4-7,11-12,14-15H,13H2,1-3H3;1H. The van der Waals surface area contributed by atoms with Crippen LogP contribution in [-0.2, 0) is 0 Å². The number of hydrogen-bond donors (Lipinski definition) is 3. The van der Waals surface area contributed by atoms with E-state index in [2.05, 4.69) is 17.8 Å². The molecule has 0 aliphatic carbocycles. The molecule has 102 valence electrons. The van der Waals surface area contributed by atoms with Crippen LogP contribution in [-0.4, -0.2) is 26.3 Å². The van der Waals surface area contributed by atoms with Gasteiger partial charge < -0.3 is 15.2 Å². The molecule has 0 amide bonds. The molecular formula is C12H20ClN3O2. The van der Waals surface area contributed by atoms with Gasteiger partial charge in [0.05, 0.1) is 20.3 Å². The van der Waals surface area contributed by atoms with Crippen LogP contribution in [0.1, 0.15) is 18.5 Å². The zero-order valence-corrected chi connectivity index (χ0v) is 11.6. The second-order valence-electron chi connectivity index (χ2n) is 4.25. The molecule has 1 aromatic rings. The van der Waals surface area contributed by atoms with Crippen molar-refractivity contribution in [2.24, 2.45) is 5.73 Å². The fraction of sp³-hybridized carbons (Fsp3) is 0.500. The molecule has 5 nitrogen and oxygen atoms in total. The van der Waals surface area contributed by atoms with Gasteiger partial charge in [-0.1, -0.05) is 6.07 Å². The maximum atomic E-state index is 6.12. The number of nitrogens with two attached hydrogens (primary N) is 1. The van der Waals surface area contributed by atoms with Crippen LogP contribution in [0.5, 0.6) is 11.5 Å². The van der Waals surface area contributed by atoms with Crippen molar-refractivity contribution in [1.82, 2.24) is 10.9 Å². The van der Waals surface area contributed by atoms with Crippen LogP contribution in [0.25, 0.3) is 0 Å². The molecule has 0 saturated carbocycles. The van der Waals surface area contributed by atoms with E-state index < -0.39 is 0 Å². The minimum Gasteiger partial charge on any atom is -0.493 e. The molecule has 3 unspecified atom stereocenters. The van der Waals surface area contributed by atoms with Crippen molar-refractivity contribution in [1.29, 1.82) is 0 Å². The van der Waals surface area contributed by atoms with Crippen LogP contribution in [0.2, 0.25) is 0 Å². The molecule has 3 atom stereocenters. The Bertz CT molecular complexity index is 403. The third kappa shape index (κ3) is 2.70. The predicted octanol–water partition coefficient (Wildman–Crippen LogP) is 0.990. The van der Waals surface area contributed by atoms with Crippen molar-refractivity contribution >= 4 is 12.4 Å². The Morgan fingerprint density at radius 3 is 2.28 bits per heavy atom. The minimum absolute atomic E-state index is 0. The molecule has 18 heavy (non-hydrogen) atoms. The molecular weight excluding hydrogens is 254 g/mol. The highest BCUT2D eigenvalue weighted by molar-refractivity contribution is 5.85. The van der Waals surface area contributed by atoms with Crippen LogP contribution in [0.3, 0.4) is 0 Å². The number of hydrogen-bond acceptors (Lipinski definition) is 5. The first kappa shape index (κ1) is 15.0. The first-order chi connectivity index (χ1) is 8.17. The van der Waals surface area contributed by atoms with Gasteiger partial charge in [0.25, 0.3) is 0 Å². The quantitative estimate of drug-likeness (QED) is 0.766. The van der Waals surface area contributed by atoms with Crippen LogP contribution < -0.4 is 26.1 Å². The summed E-state index contributed by atoms with van der Waals surface area (Å²) in [6.45, 7) is 2.05. The topological polar surface area (TPSA) is 68.5 Å². The van der Waals surface area contributed by atoms with E-state index in [1.165, 1.54) is 0 Å². The normalized spacial score (nSPS) is 26.6. The average molecular weight is 274 g/mol. The number of hydrazine groups is 1. The van der Waals surface area contributed by atoms with Gasteiger partial charge in [-0.05, 0) is 24.6 Å². The monoisotopic (exact) mass is 273 g/mol. The number of methoxy groups -OCH3 is 2. The first-order valence-corrected chi connectivity index (χ1v) is 5.66. The highest BCUT2D eigenvalue weighted by Crippen LogP contribution is 2.31. The fourth-order valence-corrected chi connectivity index (χ4v) is 2.05. The summed E-state index contributed by atoms with van der Waals surface area (Å²) in [5.41, 5.74) is 13.5. The van der Waals surface area contributed by atoms with Gasteiger partial charge in [0, 0.05) is 12.1 Å². The molecule has 1 aliphatic rings. The van der Waals surface area contributed by atoms with Gasteiger partial charge in [0.1, 0.15) is 0 Å². The Labute approximate surface area is 113 Å². The van der Waals surface area contributed by atoms with E-state index in [1.54, 1.807) is 14.2 Å². The smallest absolute Gasteiger partial charge is 0.161 e. The second kappa shape index (κ2) is 6.24. The third-order valence-corrected chi connectivity index (χ3v) is 3.20. The number of rotatable bonds is 3. The first-order valence-electron chi connectivity index (χ1n) is 5.66. The van der Waals surface area contributed by atoms with Crippen LogP contribution in [0.15, 0.2) is 18.2 Å². The lowest BCUT2D eigenvalue weighted by atomic mass is 9.98. The zero-order chi connectivity index (χ0) is 12.4. The van der Waals surface area contributed by atoms with E-state index in [-0.39, 0.29) is 30.5 Å². The number of ether oxygens (including phenoxy) is 2. The maximum Gasteiger partial charge on any atom is 0.161 e. The molecule has 4 N–H and O–H groups in total. The molecule has 0 bridgehead atoms. The van der Waals surface area contributed by atoms with E-state index in [9.17, 15) is 0 Å². The summed E-state index contributed by atoms with van der Waals surface area (Å²) >= 11 is 0. The molecule has 2 rings (SSSR count). The summed E-state index contributed by atoms with van der Waals surface area (Å²) in [5.74, 6) is 1.45. The molecule has 1 aromatic carbocycles. The summed E-state index contributed by atoms with van der Waals surface area (Å²) < 4.78 is 10.5. The lowest BCUT2D eigenvalue weighted by Gasteiger charge is -2.18. The van der Waals surface area contributed by atoms with Gasteiger partial charge in [-0.3, -0.25) is 5.43 Å². The SMILES string of the molecule is COc1ccc(C2NNC(C)C2N)cc1OC.Cl. The highest BCUT2D eigenvalue weighted by Gasteiger charge is 2.31. The maximum absolute atomic E-state index is 6.12. The van der Waals surface area contributed by atoms with Gasteiger partial charge in [0.15, 0.2) is 11.5 Å². The second-order valence-corrected chi connectivity index (χ2v) is 4.25. The molecule has 0 radical (unpaired) electrons. The van der Waals surface area contributed by atoms with Gasteiger partial charge in [-0.15, -0.1) is 12.4 Å². The lowest BCUT2D eigenvalue weighted by Crippen LogP contribution is -2.35. The molecule has 1 saturated heterocycles. The predicted molar refractivity (Wildman–Crippen MR) is 73.2 cm³/mol. The van der Waals surface area contributed by atoms with Gasteiger partial charge >= 0.3 is 0 Å². The van der Waals surface area contributed by atoms with E-state index in [0.29, 0.717) is 0 Å². The van der Waals surface area contributed by atoms with Crippen LogP contribution in [0.4, 0.5) is 0 Å². The van der Waals surface area contributed by atoms with Crippen molar-refractivity contribution in [2.75, 3.05) is 14.2 Å². The summed E-state index contributed by atoms with van der Waals surface area (Å²) in [5, 5.41) is 0. The van der Waals surface area contributed by atoms with Crippen molar-refractivity contribution < 1.29 is 9.47 Å². The van der Waals surface area contributed by atoms with Crippen molar-refractivity contribution in [3.05, 3.63) is 23.8 Å². The summed E-state index contributed by atoms with van der Waals surface area (Å²) in [6, 6.07) is 6.21. The summed E-state index contributed by atoms with van der Waals surface area (Å²) in [6.07, 6.45) is 0. The van der Waals surface area contributed by atoms with Gasteiger partial charge in [-0.25, -0.2) is 5.43 Å². The largest absolute Gasteiger partial charge is 0.493 e.